The summed E-state index contributed by atoms with van der Waals surface area (Å²) in [5, 5.41) is 4.72. The van der Waals surface area contributed by atoms with Gasteiger partial charge in [-0.1, -0.05) is 66.7 Å². The molecule has 0 fully saturated rings. The van der Waals surface area contributed by atoms with E-state index in [0.717, 1.165) is 16.7 Å². The van der Waals surface area contributed by atoms with Gasteiger partial charge in [0.2, 0.25) is 0 Å². The first-order chi connectivity index (χ1) is 15.6. The van der Waals surface area contributed by atoms with E-state index < -0.39 is 0 Å². The molecule has 6 nitrogen and oxygen atoms in total. The highest BCUT2D eigenvalue weighted by molar-refractivity contribution is 5.91. The van der Waals surface area contributed by atoms with Crippen LogP contribution >= 0.6 is 0 Å². The van der Waals surface area contributed by atoms with Crippen LogP contribution in [0.5, 0.6) is 0 Å². The van der Waals surface area contributed by atoms with E-state index in [9.17, 15) is 9.59 Å². The van der Waals surface area contributed by atoms with Gasteiger partial charge in [-0.25, -0.2) is 0 Å². The first-order valence-corrected chi connectivity index (χ1v) is 10.2. The van der Waals surface area contributed by atoms with E-state index in [1.807, 2.05) is 67.6 Å². The number of nitrogens with two attached hydrogens (primary N) is 1. The van der Waals surface area contributed by atoms with Crippen LogP contribution in [-0.2, 0) is 0 Å². The van der Waals surface area contributed by atoms with E-state index in [1.54, 1.807) is 18.2 Å². The molecule has 156 valence electrons. The molecule has 0 spiro atoms. The van der Waals surface area contributed by atoms with Crippen molar-refractivity contribution >= 4 is 17.6 Å². The van der Waals surface area contributed by atoms with Crippen LogP contribution in [0.4, 0.5) is 5.69 Å². The quantitative estimate of drug-likeness (QED) is 0.325. The summed E-state index contributed by atoms with van der Waals surface area (Å²) in [6.07, 6.45) is 0.690. The van der Waals surface area contributed by atoms with Crippen molar-refractivity contribution in [1.82, 2.24) is 14.6 Å². The number of aromatic nitrogens is 3. The second kappa shape index (κ2) is 7.67. The lowest BCUT2D eigenvalue weighted by Crippen LogP contribution is -2.19. The topological polar surface area (TPSA) is 93.2 Å². The predicted octanol–water partition coefficient (Wildman–Crippen LogP) is 4.73. The van der Waals surface area contributed by atoms with Gasteiger partial charge in [-0.05, 0) is 30.2 Å². The third-order valence-electron chi connectivity index (χ3n) is 5.58. The molecule has 5 rings (SSSR count). The monoisotopic (exact) mass is 420 g/mol. The fraction of sp³-hybridized carbons (Fsp3) is 0.0385. The molecule has 0 atom stereocenters. The summed E-state index contributed by atoms with van der Waals surface area (Å²) in [6, 6.07) is 24.7. The maximum atomic E-state index is 13.6. The number of aldehydes is 1. The van der Waals surface area contributed by atoms with Gasteiger partial charge in [0.25, 0.3) is 5.56 Å². The minimum absolute atomic E-state index is 0.266. The molecule has 0 aliphatic carbocycles. The van der Waals surface area contributed by atoms with Crippen molar-refractivity contribution in [1.29, 1.82) is 0 Å². The van der Waals surface area contributed by atoms with Crippen molar-refractivity contribution in [2.45, 2.75) is 6.92 Å². The molecular formula is C26H20N4O2. The van der Waals surface area contributed by atoms with Crippen molar-refractivity contribution in [3.63, 3.8) is 0 Å². The number of nitrogens with zero attached hydrogens (tertiary/aromatic N) is 2. The lowest BCUT2D eigenvalue weighted by atomic mass is 10.0. The summed E-state index contributed by atoms with van der Waals surface area (Å²) in [6.45, 7) is 1.84. The Labute approximate surface area is 184 Å². The Balaban J connectivity index is 1.85. The number of hydrogen-bond acceptors (Lipinski definition) is 4. The SMILES string of the molecule is Cc1[nH]c2c(-c3ccccc3)c(-c3ccccc3)nn2c(=O)c1-c1ccc(N)c(C=O)c1. The van der Waals surface area contributed by atoms with Gasteiger partial charge in [0.05, 0.1) is 11.1 Å². The van der Waals surface area contributed by atoms with Crippen molar-refractivity contribution in [3.05, 3.63) is 100 Å². The fourth-order valence-corrected chi connectivity index (χ4v) is 4.04. The Hall–Kier alpha value is -4.45. The van der Waals surface area contributed by atoms with Crippen LogP contribution in [-0.4, -0.2) is 20.9 Å². The van der Waals surface area contributed by atoms with Crippen LogP contribution in [0, 0.1) is 6.92 Å². The highest BCUT2D eigenvalue weighted by atomic mass is 16.1. The van der Waals surface area contributed by atoms with Gasteiger partial charge in [-0.3, -0.25) is 9.59 Å². The molecule has 3 aromatic carbocycles. The minimum Gasteiger partial charge on any atom is -0.398 e. The van der Waals surface area contributed by atoms with Gasteiger partial charge in [0, 0.05) is 22.5 Å². The zero-order chi connectivity index (χ0) is 22.2. The number of anilines is 1. The molecule has 2 aromatic heterocycles. The van der Waals surface area contributed by atoms with E-state index in [2.05, 4.69) is 4.98 Å². The van der Waals surface area contributed by atoms with Crippen LogP contribution in [0.1, 0.15) is 16.1 Å². The standard InChI is InChI=1S/C26H20N4O2/c1-16-22(19-12-13-21(27)20(14-19)15-31)26(32)30-25(28-16)23(17-8-4-2-5-9-17)24(29-30)18-10-6-3-7-11-18/h2-15,28H,27H2,1H3. The summed E-state index contributed by atoms with van der Waals surface area (Å²) in [7, 11) is 0. The molecule has 0 amide bonds. The zero-order valence-electron chi connectivity index (χ0n) is 17.4. The molecule has 0 aliphatic rings. The molecule has 0 saturated heterocycles. The van der Waals surface area contributed by atoms with Gasteiger partial charge < -0.3 is 10.7 Å². The van der Waals surface area contributed by atoms with E-state index in [0.29, 0.717) is 45.7 Å². The maximum absolute atomic E-state index is 13.6. The predicted molar refractivity (Wildman–Crippen MR) is 127 cm³/mol. The molecule has 32 heavy (non-hydrogen) atoms. The highest BCUT2D eigenvalue weighted by Crippen LogP contribution is 2.34. The lowest BCUT2D eigenvalue weighted by Gasteiger charge is -2.09. The summed E-state index contributed by atoms with van der Waals surface area (Å²) in [5.41, 5.74) is 12.1. The number of hydrogen-bond donors (Lipinski definition) is 2. The van der Waals surface area contributed by atoms with Gasteiger partial charge in [0.1, 0.15) is 11.3 Å². The third-order valence-corrected chi connectivity index (χ3v) is 5.58. The number of aryl methyl sites for hydroxylation is 1. The van der Waals surface area contributed by atoms with Gasteiger partial charge in [0.15, 0.2) is 6.29 Å². The Bertz CT molecular complexity index is 1520. The molecule has 0 aliphatic heterocycles. The van der Waals surface area contributed by atoms with Crippen molar-refractivity contribution in [2.75, 3.05) is 5.73 Å². The van der Waals surface area contributed by atoms with Crippen LogP contribution in [0.2, 0.25) is 0 Å². The molecule has 6 heteroatoms. The molecule has 0 saturated carbocycles. The summed E-state index contributed by atoms with van der Waals surface area (Å²) >= 11 is 0. The number of H-pyrrole nitrogens is 1. The van der Waals surface area contributed by atoms with Crippen LogP contribution in [0.3, 0.4) is 0 Å². The summed E-state index contributed by atoms with van der Waals surface area (Å²) < 4.78 is 1.41. The Kier molecular flexibility index (Phi) is 4.67. The number of carbonyl (C=O) groups excluding carboxylic acids is 1. The summed E-state index contributed by atoms with van der Waals surface area (Å²) in [4.78, 5) is 28.4. The number of carbonyl (C=O) groups is 1. The third kappa shape index (κ3) is 3.09. The van der Waals surface area contributed by atoms with E-state index in [1.165, 1.54) is 4.52 Å². The van der Waals surface area contributed by atoms with Crippen LogP contribution < -0.4 is 11.3 Å². The number of rotatable bonds is 4. The van der Waals surface area contributed by atoms with Gasteiger partial charge >= 0.3 is 0 Å². The zero-order valence-corrected chi connectivity index (χ0v) is 17.4. The molecule has 5 aromatic rings. The number of nitrogen functional groups attached to an aromatic ring is 1. The molecule has 2 heterocycles. The second-order valence-electron chi connectivity index (χ2n) is 7.61. The van der Waals surface area contributed by atoms with Crippen LogP contribution in [0.25, 0.3) is 39.2 Å². The molecule has 0 unspecified atom stereocenters. The molecular weight excluding hydrogens is 400 g/mol. The first-order valence-electron chi connectivity index (χ1n) is 10.2. The van der Waals surface area contributed by atoms with Crippen molar-refractivity contribution < 1.29 is 4.79 Å². The maximum Gasteiger partial charge on any atom is 0.282 e. The first kappa shape index (κ1) is 19.5. The number of aromatic amines is 1. The van der Waals surface area contributed by atoms with Crippen molar-refractivity contribution in [2.24, 2.45) is 0 Å². The molecule has 0 bridgehead atoms. The van der Waals surface area contributed by atoms with Gasteiger partial charge in [-0.2, -0.15) is 9.61 Å². The van der Waals surface area contributed by atoms with E-state index in [-0.39, 0.29) is 5.56 Å². The number of benzene rings is 3. The Morgan fingerprint density at radius 1 is 0.875 bits per heavy atom. The largest absolute Gasteiger partial charge is 0.398 e. The highest BCUT2D eigenvalue weighted by Gasteiger charge is 2.21. The van der Waals surface area contributed by atoms with Crippen LogP contribution in [0.15, 0.2) is 83.7 Å². The number of nitrogens with one attached hydrogen (secondary N) is 1. The van der Waals surface area contributed by atoms with Crippen molar-refractivity contribution in [3.8, 4) is 33.5 Å². The second-order valence-corrected chi connectivity index (χ2v) is 7.61. The smallest absolute Gasteiger partial charge is 0.282 e. The Morgan fingerprint density at radius 2 is 1.53 bits per heavy atom. The van der Waals surface area contributed by atoms with Gasteiger partial charge in [-0.15, -0.1) is 0 Å². The number of fused-ring (bicyclic) bond motifs is 1. The normalized spacial score (nSPS) is 11.0. The average molecular weight is 420 g/mol. The average Bonchev–Trinajstić information content (AvgIpc) is 3.21. The Morgan fingerprint density at radius 3 is 2.19 bits per heavy atom. The lowest BCUT2D eigenvalue weighted by molar-refractivity contribution is 0.112. The molecule has 3 N–H and O–H groups in total. The van der Waals surface area contributed by atoms with E-state index in [4.69, 9.17) is 10.8 Å². The minimum atomic E-state index is -0.266. The fourth-order valence-electron chi connectivity index (χ4n) is 4.04. The molecule has 0 radical (unpaired) electrons. The summed E-state index contributed by atoms with van der Waals surface area (Å²) in [5.74, 6) is 0. The van der Waals surface area contributed by atoms with E-state index >= 15 is 0 Å².